The molecule has 5 nitrogen and oxygen atoms in total. The molecule has 0 aliphatic rings. The topological polar surface area (TPSA) is 72.2 Å². The molecule has 0 heterocycles. The van der Waals surface area contributed by atoms with Crippen LogP contribution in [0.25, 0.3) is 0 Å². The molecule has 20 heavy (non-hydrogen) atoms. The molecular formula is C14H20N2O3S. The molecule has 0 atom stereocenters. The number of nitrogens with one attached hydrogen (secondary N) is 1. The standard InChI is InChI=1S/C14H20N2O3S/c1-2-3-4-9-15-14(17)11-20-10-12-5-7-13(8-6-12)16(18)19/h5-8H,2-4,9-11H2,1H3,(H,15,17). The number of hydrogen-bond acceptors (Lipinski definition) is 4. The van der Waals surface area contributed by atoms with E-state index in [9.17, 15) is 14.9 Å². The third-order valence-electron chi connectivity index (χ3n) is 2.75. The monoisotopic (exact) mass is 296 g/mol. The van der Waals surface area contributed by atoms with Crippen LogP contribution < -0.4 is 5.32 Å². The summed E-state index contributed by atoms with van der Waals surface area (Å²) in [6.45, 7) is 2.87. The third-order valence-corrected chi connectivity index (χ3v) is 3.76. The van der Waals surface area contributed by atoms with Crippen molar-refractivity contribution in [2.75, 3.05) is 12.3 Å². The van der Waals surface area contributed by atoms with Crippen molar-refractivity contribution >= 4 is 23.4 Å². The number of thioether (sulfide) groups is 1. The Bertz CT molecular complexity index is 435. The molecule has 0 spiro atoms. The zero-order valence-corrected chi connectivity index (χ0v) is 12.4. The van der Waals surface area contributed by atoms with E-state index in [1.165, 1.54) is 23.9 Å². The quantitative estimate of drug-likeness (QED) is 0.431. The summed E-state index contributed by atoms with van der Waals surface area (Å²) in [5.74, 6) is 1.15. The maximum atomic E-state index is 11.5. The Balaban J connectivity index is 2.20. The molecule has 0 saturated carbocycles. The van der Waals surface area contributed by atoms with Gasteiger partial charge in [0.25, 0.3) is 5.69 Å². The Morgan fingerprint density at radius 2 is 2.00 bits per heavy atom. The zero-order valence-electron chi connectivity index (χ0n) is 11.6. The van der Waals surface area contributed by atoms with Crippen molar-refractivity contribution in [3.05, 3.63) is 39.9 Å². The summed E-state index contributed by atoms with van der Waals surface area (Å²) in [4.78, 5) is 21.6. The van der Waals surface area contributed by atoms with E-state index in [0.717, 1.165) is 31.4 Å². The van der Waals surface area contributed by atoms with Gasteiger partial charge in [-0.1, -0.05) is 31.9 Å². The summed E-state index contributed by atoms with van der Waals surface area (Å²) in [6.07, 6.45) is 3.30. The number of nitro benzene ring substituents is 1. The molecule has 6 heteroatoms. The maximum absolute atomic E-state index is 11.5. The summed E-state index contributed by atoms with van der Waals surface area (Å²) < 4.78 is 0. The van der Waals surface area contributed by atoms with E-state index < -0.39 is 4.92 Å². The fourth-order valence-corrected chi connectivity index (χ4v) is 2.45. The molecule has 110 valence electrons. The van der Waals surface area contributed by atoms with Crippen molar-refractivity contribution in [1.82, 2.24) is 5.32 Å². The van der Waals surface area contributed by atoms with Crippen LogP contribution in [0.15, 0.2) is 24.3 Å². The summed E-state index contributed by atoms with van der Waals surface area (Å²) >= 11 is 1.51. The number of nitrogens with zero attached hydrogens (tertiary/aromatic N) is 1. The molecule has 1 N–H and O–H groups in total. The van der Waals surface area contributed by atoms with Crippen LogP contribution in [-0.2, 0) is 10.5 Å². The van der Waals surface area contributed by atoms with Crippen molar-refractivity contribution in [2.24, 2.45) is 0 Å². The van der Waals surface area contributed by atoms with E-state index in [0.29, 0.717) is 11.5 Å². The Morgan fingerprint density at radius 1 is 1.30 bits per heavy atom. The number of hydrogen-bond donors (Lipinski definition) is 1. The van der Waals surface area contributed by atoms with Gasteiger partial charge >= 0.3 is 0 Å². The molecule has 0 aliphatic heterocycles. The Morgan fingerprint density at radius 3 is 2.60 bits per heavy atom. The zero-order chi connectivity index (χ0) is 14.8. The van der Waals surface area contributed by atoms with Gasteiger partial charge in [0, 0.05) is 24.4 Å². The molecule has 0 fully saturated rings. The fraction of sp³-hybridized carbons (Fsp3) is 0.500. The van der Waals surface area contributed by atoms with Crippen LogP contribution in [0.3, 0.4) is 0 Å². The lowest BCUT2D eigenvalue weighted by Gasteiger charge is -2.04. The highest BCUT2D eigenvalue weighted by Crippen LogP contribution is 2.16. The molecule has 1 amide bonds. The number of amides is 1. The number of nitro groups is 1. The van der Waals surface area contributed by atoms with Crippen LogP contribution in [-0.4, -0.2) is 23.1 Å². The van der Waals surface area contributed by atoms with Gasteiger partial charge in [0.05, 0.1) is 10.7 Å². The fourth-order valence-electron chi connectivity index (χ4n) is 1.63. The summed E-state index contributed by atoms with van der Waals surface area (Å²) in [5, 5.41) is 13.4. The minimum Gasteiger partial charge on any atom is -0.355 e. The molecule has 0 aromatic heterocycles. The number of non-ortho nitro benzene ring substituents is 1. The van der Waals surface area contributed by atoms with E-state index >= 15 is 0 Å². The molecular weight excluding hydrogens is 276 g/mol. The van der Waals surface area contributed by atoms with Crippen molar-refractivity contribution in [1.29, 1.82) is 0 Å². The van der Waals surface area contributed by atoms with Crippen molar-refractivity contribution in [3.63, 3.8) is 0 Å². The van der Waals surface area contributed by atoms with Crippen molar-refractivity contribution in [3.8, 4) is 0 Å². The largest absolute Gasteiger partial charge is 0.355 e. The second-order valence-corrected chi connectivity index (χ2v) is 5.46. The lowest BCUT2D eigenvalue weighted by atomic mass is 10.2. The van der Waals surface area contributed by atoms with Gasteiger partial charge in [-0.05, 0) is 12.0 Å². The SMILES string of the molecule is CCCCCNC(=O)CSCc1ccc([N+](=O)[O-])cc1. The molecule has 0 bridgehead atoms. The number of unbranched alkanes of at least 4 members (excludes halogenated alkanes) is 2. The van der Waals surface area contributed by atoms with Gasteiger partial charge in [0.15, 0.2) is 0 Å². The predicted molar refractivity (Wildman–Crippen MR) is 81.8 cm³/mol. The van der Waals surface area contributed by atoms with Gasteiger partial charge in [-0.2, -0.15) is 0 Å². The van der Waals surface area contributed by atoms with Crippen LogP contribution in [0.4, 0.5) is 5.69 Å². The highest BCUT2D eigenvalue weighted by molar-refractivity contribution is 7.99. The highest BCUT2D eigenvalue weighted by atomic mass is 32.2. The first-order valence-electron chi connectivity index (χ1n) is 6.71. The normalized spacial score (nSPS) is 10.2. The first-order valence-corrected chi connectivity index (χ1v) is 7.86. The van der Waals surface area contributed by atoms with Crippen molar-refractivity contribution < 1.29 is 9.72 Å². The lowest BCUT2D eigenvalue weighted by molar-refractivity contribution is -0.384. The molecule has 1 rings (SSSR count). The second kappa shape index (κ2) is 9.36. The average molecular weight is 296 g/mol. The first kappa shape index (κ1) is 16.5. The smallest absolute Gasteiger partial charge is 0.269 e. The van der Waals surface area contributed by atoms with E-state index in [1.54, 1.807) is 12.1 Å². The molecule has 1 aromatic carbocycles. The number of carbonyl (C=O) groups is 1. The van der Waals surface area contributed by atoms with E-state index in [4.69, 9.17) is 0 Å². The molecule has 0 aliphatic carbocycles. The van der Waals surface area contributed by atoms with Crippen LogP contribution in [0.2, 0.25) is 0 Å². The van der Waals surface area contributed by atoms with Gasteiger partial charge in [-0.3, -0.25) is 14.9 Å². The maximum Gasteiger partial charge on any atom is 0.269 e. The molecule has 1 aromatic rings. The van der Waals surface area contributed by atoms with E-state index in [-0.39, 0.29) is 11.6 Å². The van der Waals surface area contributed by atoms with Crippen LogP contribution in [0.1, 0.15) is 31.7 Å². The minimum absolute atomic E-state index is 0.0491. The van der Waals surface area contributed by atoms with Gasteiger partial charge in [0.2, 0.25) is 5.91 Å². The number of rotatable bonds is 9. The van der Waals surface area contributed by atoms with E-state index in [2.05, 4.69) is 12.2 Å². The van der Waals surface area contributed by atoms with Gasteiger partial charge in [0.1, 0.15) is 0 Å². The Hall–Kier alpha value is -1.56. The molecule has 0 saturated heterocycles. The third kappa shape index (κ3) is 6.56. The number of benzene rings is 1. The minimum atomic E-state index is -0.416. The van der Waals surface area contributed by atoms with Crippen molar-refractivity contribution in [2.45, 2.75) is 31.9 Å². The summed E-state index contributed by atoms with van der Waals surface area (Å²) in [5.41, 5.74) is 1.08. The van der Waals surface area contributed by atoms with E-state index in [1.807, 2.05) is 0 Å². The predicted octanol–water partition coefficient (Wildman–Crippen LogP) is 3.13. The molecule has 0 radical (unpaired) electrons. The number of carbonyl (C=O) groups excluding carboxylic acids is 1. The van der Waals surface area contributed by atoms with Gasteiger partial charge < -0.3 is 5.32 Å². The average Bonchev–Trinajstić information content (AvgIpc) is 2.44. The summed E-state index contributed by atoms with van der Waals surface area (Å²) in [6, 6.07) is 6.43. The van der Waals surface area contributed by atoms with Crippen LogP contribution in [0.5, 0.6) is 0 Å². The summed E-state index contributed by atoms with van der Waals surface area (Å²) in [7, 11) is 0. The first-order chi connectivity index (χ1) is 9.63. The Labute approximate surface area is 123 Å². The lowest BCUT2D eigenvalue weighted by Crippen LogP contribution is -2.26. The molecule has 0 unspecified atom stereocenters. The van der Waals surface area contributed by atoms with Crippen LogP contribution >= 0.6 is 11.8 Å². The van der Waals surface area contributed by atoms with Crippen LogP contribution in [0, 0.1) is 10.1 Å². The highest BCUT2D eigenvalue weighted by Gasteiger charge is 2.05. The Kier molecular flexibility index (Phi) is 7.72. The second-order valence-electron chi connectivity index (χ2n) is 4.47. The van der Waals surface area contributed by atoms with Gasteiger partial charge in [-0.15, -0.1) is 11.8 Å². The van der Waals surface area contributed by atoms with Gasteiger partial charge in [-0.25, -0.2) is 0 Å².